The number of hydrogen-bond acceptors (Lipinski definition) is 10. The lowest BCUT2D eigenvalue weighted by Gasteiger charge is -2.27. The van der Waals surface area contributed by atoms with Crippen molar-refractivity contribution in [2.45, 2.75) is 96.4 Å². The maximum absolute atomic E-state index is 13.8. The second-order valence-corrected chi connectivity index (χ2v) is 15.3. The Hall–Kier alpha value is -4.21. The van der Waals surface area contributed by atoms with Gasteiger partial charge in [-0.1, -0.05) is 24.3 Å². The summed E-state index contributed by atoms with van der Waals surface area (Å²) in [6, 6.07) is 7.35. The number of ether oxygens (including phenoxy) is 2. The first kappa shape index (κ1) is 39.2. The van der Waals surface area contributed by atoms with Gasteiger partial charge in [-0.15, -0.1) is 11.3 Å². The first-order chi connectivity index (χ1) is 22.9. The molecular weight excluding hydrogens is 669 g/mol. The number of carbonyl (C=O) groups is 2. The topological polar surface area (TPSA) is 194 Å². The maximum atomic E-state index is 13.8. The van der Waals surface area contributed by atoms with Gasteiger partial charge in [-0.3, -0.25) is 9.79 Å². The van der Waals surface area contributed by atoms with Crippen LogP contribution in [0.4, 0.5) is 4.79 Å². The van der Waals surface area contributed by atoms with Crippen molar-refractivity contribution in [3.63, 3.8) is 0 Å². The van der Waals surface area contributed by atoms with Crippen molar-refractivity contribution in [2.75, 3.05) is 13.7 Å². The van der Waals surface area contributed by atoms with E-state index in [0.717, 1.165) is 11.1 Å². The van der Waals surface area contributed by atoms with E-state index >= 15 is 0 Å². The molecule has 0 aliphatic carbocycles. The van der Waals surface area contributed by atoms with Gasteiger partial charge in [0.25, 0.3) is 10.0 Å². The summed E-state index contributed by atoms with van der Waals surface area (Å²) in [6.07, 6.45) is 0.380. The summed E-state index contributed by atoms with van der Waals surface area (Å²) in [5.41, 5.74) is 8.75. The summed E-state index contributed by atoms with van der Waals surface area (Å²) in [6.45, 7) is 12.3. The van der Waals surface area contributed by atoms with Gasteiger partial charge < -0.3 is 30.9 Å². The Labute approximate surface area is 292 Å². The van der Waals surface area contributed by atoms with E-state index in [4.69, 9.17) is 15.2 Å². The quantitative estimate of drug-likeness (QED) is 0.0927. The molecule has 3 aromatic rings. The van der Waals surface area contributed by atoms with Gasteiger partial charge in [0, 0.05) is 24.5 Å². The van der Waals surface area contributed by atoms with Crippen LogP contribution in [0.25, 0.3) is 0 Å². The second kappa shape index (κ2) is 16.9. The highest BCUT2D eigenvalue weighted by Gasteiger charge is 2.30. The first-order valence-electron chi connectivity index (χ1n) is 15.8. The van der Waals surface area contributed by atoms with E-state index in [9.17, 15) is 23.1 Å². The van der Waals surface area contributed by atoms with Crippen molar-refractivity contribution in [1.29, 1.82) is 0 Å². The Balaban J connectivity index is 1.76. The average Bonchev–Trinajstić information content (AvgIpc) is 3.54. The fourth-order valence-electron chi connectivity index (χ4n) is 5.24. The van der Waals surface area contributed by atoms with Crippen LogP contribution in [0.1, 0.15) is 72.5 Å². The molecular formula is C34H48N6O7S2. The van der Waals surface area contributed by atoms with Crippen molar-refractivity contribution in [3.05, 3.63) is 74.7 Å². The minimum absolute atomic E-state index is 0.0910. The van der Waals surface area contributed by atoms with Crippen LogP contribution in [0.2, 0.25) is 0 Å². The van der Waals surface area contributed by atoms with Crippen LogP contribution < -0.4 is 25.8 Å². The number of amides is 2. The van der Waals surface area contributed by atoms with E-state index in [1.54, 1.807) is 59.2 Å². The standard InChI is InChI=1S/C34H48N6O7S2/c1-20-12-9-10-13-24(20)19-26(39-33(43)47-34(5,6)7)30(42)38-25(28(41)31-36-16-17-48-31)14-11-15-37-32(35)40-49(44,45)29-21(2)18-27(46-8)22(3)23(29)4/h9-10,12-13,16-18,25-26,28,41H,11,14-15,19H2,1-8H3,(H,38,42)(H,39,43)(H3,35,37,40)/t25-,26-,28?/m0/s1. The van der Waals surface area contributed by atoms with E-state index in [1.807, 2.05) is 31.2 Å². The first-order valence-corrected chi connectivity index (χ1v) is 18.2. The number of aliphatic hydroxyl groups excluding tert-OH is 1. The summed E-state index contributed by atoms with van der Waals surface area (Å²) < 4.78 is 39.6. The van der Waals surface area contributed by atoms with Crippen LogP contribution in [0.5, 0.6) is 5.75 Å². The summed E-state index contributed by atoms with van der Waals surface area (Å²) in [5, 5.41) is 18.9. The number of benzene rings is 2. The number of aryl methyl sites for hydroxylation is 2. The third-order valence-corrected chi connectivity index (χ3v) is 10.3. The zero-order valence-electron chi connectivity index (χ0n) is 29.3. The minimum atomic E-state index is -4.05. The molecule has 1 heterocycles. The van der Waals surface area contributed by atoms with Gasteiger partial charge in [0.1, 0.15) is 28.5 Å². The normalized spacial score (nSPS) is 14.0. The monoisotopic (exact) mass is 716 g/mol. The number of carbonyl (C=O) groups excluding carboxylic acids is 2. The summed E-state index contributed by atoms with van der Waals surface area (Å²) in [5.74, 6) is -0.238. The van der Waals surface area contributed by atoms with Crippen LogP contribution >= 0.6 is 11.3 Å². The van der Waals surface area contributed by atoms with Crippen molar-refractivity contribution in [3.8, 4) is 5.75 Å². The third kappa shape index (κ3) is 11.2. The molecule has 0 saturated carbocycles. The lowest BCUT2D eigenvalue weighted by atomic mass is 9.99. The van der Waals surface area contributed by atoms with Gasteiger partial charge >= 0.3 is 6.09 Å². The Kier molecular flexibility index (Phi) is 13.6. The molecule has 0 spiro atoms. The number of hydrogen-bond donors (Lipinski definition) is 5. The highest BCUT2D eigenvalue weighted by atomic mass is 32.2. The molecule has 3 rings (SSSR count). The molecule has 0 aliphatic heterocycles. The van der Waals surface area contributed by atoms with E-state index in [2.05, 4.69) is 25.3 Å². The smallest absolute Gasteiger partial charge is 0.408 e. The Morgan fingerprint density at radius 3 is 2.39 bits per heavy atom. The van der Waals surface area contributed by atoms with Crippen LogP contribution in [0.15, 0.2) is 51.8 Å². The number of nitrogens with two attached hydrogens (primary N) is 1. The number of aliphatic imine (C=N–C) groups is 1. The predicted octanol–water partition coefficient (Wildman–Crippen LogP) is 4.11. The molecule has 0 aliphatic rings. The number of sulfonamides is 1. The zero-order chi connectivity index (χ0) is 36.5. The Bertz CT molecular complexity index is 1740. The molecule has 15 heteroatoms. The number of nitrogens with one attached hydrogen (secondary N) is 3. The lowest BCUT2D eigenvalue weighted by molar-refractivity contribution is -0.124. The van der Waals surface area contributed by atoms with Crippen LogP contribution in [0, 0.1) is 27.7 Å². The number of alkyl carbamates (subject to hydrolysis) is 1. The molecule has 13 nitrogen and oxygen atoms in total. The van der Waals surface area contributed by atoms with E-state index in [1.165, 1.54) is 18.4 Å². The molecule has 0 saturated heterocycles. The van der Waals surface area contributed by atoms with Gasteiger partial charge in [0.15, 0.2) is 0 Å². The van der Waals surface area contributed by atoms with Gasteiger partial charge in [0.2, 0.25) is 11.9 Å². The zero-order valence-corrected chi connectivity index (χ0v) is 30.9. The number of thiazole rings is 1. The molecule has 1 unspecified atom stereocenters. The average molecular weight is 717 g/mol. The molecule has 6 N–H and O–H groups in total. The molecule has 49 heavy (non-hydrogen) atoms. The SMILES string of the molecule is COc1cc(C)c(S(=O)(=O)NC(N)=NCCC[C@H](NC(=O)[C@H](Cc2ccccc2C)NC(=O)OC(C)(C)C)C(O)c2nccs2)c(C)c1C. The summed E-state index contributed by atoms with van der Waals surface area (Å²) in [7, 11) is -2.53. The highest BCUT2D eigenvalue weighted by molar-refractivity contribution is 7.90. The highest BCUT2D eigenvalue weighted by Crippen LogP contribution is 2.30. The molecule has 0 bridgehead atoms. The van der Waals surface area contributed by atoms with Gasteiger partial charge in [0.05, 0.1) is 18.0 Å². The van der Waals surface area contributed by atoms with Crippen molar-refractivity contribution >= 4 is 39.3 Å². The summed E-state index contributed by atoms with van der Waals surface area (Å²) >= 11 is 1.24. The Morgan fingerprint density at radius 2 is 1.78 bits per heavy atom. The number of guanidine groups is 1. The van der Waals surface area contributed by atoms with E-state index in [0.29, 0.717) is 33.9 Å². The molecule has 3 atom stereocenters. The van der Waals surface area contributed by atoms with E-state index in [-0.39, 0.29) is 30.2 Å². The van der Waals surface area contributed by atoms with Gasteiger partial charge in [-0.2, -0.15) is 0 Å². The number of methoxy groups -OCH3 is 1. The van der Waals surface area contributed by atoms with Crippen LogP contribution in [-0.2, 0) is 26.0 Å². The van der Waals surface area contributed by atoms with Crippen molar-refractivity contribution in [1.82, 2.24) is 20.3 Å². The predicted molar refractivity (Wildman–Crippen MR) is 190 cm³/mol. The number of nitrogens with zero attached hydrogens (tertiary/aromatic N) is 2. The number of aliphatic hydroxyl groups is 1. The molecule has 0 radical (unpaired) electrons. The molecule has 1 aromatic heterocycles. The van der Waals surface area contributed by atoms with Gasteiger partial charge in [-0.25, -0.2) is 22.9 Å². The fraction of sp³-hybridized carbons (Fsp3) is 0.471. The van der Waals surface area contributed by atoms with Crippen LogP contribution in [0.3, 0.4) is 0 Å². The second-order valence-electron chi connectivity index (χ2n) is 12.7. The maximum Gasteiger partial charge on any atom is 0.408 e. The minimum Gasteiger partial charge on any atom is -0.496 e. The Morgan fingerprint density at radius 1 is 1.08 bits per heavy atom. The third-order valence-electron chi connectivity index (χ3n) is 7.77. The molecule has 2 aromatic carbocycles. The van der Waals surface area contributed by atoms with Gasteiger partial charge in [-0.05, 0) is 95.2 Å². The summed E-state index contributed by atoms with van der Waals surface area (Å²) in [4.78, 5) is 35.0. The van der Waals surface area contributed by atoms with Crippen LogP contribution in [-0.4, -0.2) is 67.8 Å². The largest absolute Gasteiger partial charge is 0.496 e. The van der Waals surface area contributed by atoms with E-state index < -0.39 is 45.8 Å². The fourth-order valence-corrected chi connectivity index (χ4v) is 7.41. The number of rotatable bonds is 14. The molecule has 2 amide bonds. The molecule has 268 valence electrons. The lowest BCUT2D eigenvalue weighted by Crippen LogP contribution is -2.52. The molecule has 0 fully saturated rings. The number of aromatic nitrogens is 1. The van der Waals surface area contributed by atoms with Crippen molar-refractivity contribution in [2.24, 2.45) is 10.7 Å². The van der Waals surface area contributed by atoms with Crippen molar-refractivity contribution < 1.29 is 32.6 Å².